The zero-order valence-electron chi connectivity index (χ0n) is 20.1. The Morgan fingerprint density at radius 3 is 2.18 bits per heavy atom. The van der Waals surface area contributed by atoms with E-state index in [1.54, 1.807) is 17.0 Å². The normalized spacial score (nSPS) is 11.8. The van der Waals surface area contributed by atoms with Crippen molar-refractivity contribution in [3.63, 3.8) is 0 Å². The van der Waals surface area contributed by atoms with Crippen LogP contribution in [-0.2, 0) is 29.0 Å². The minimum atomic E-state index is -0.624. The van der Waals surface area contributed by atoms with Crippen molar-refractivity contribution < 1.29 is 9.59 Å². The first-order valence-corrected chi connectivity index (χ1v) is 12.1. The van der Waals surface area contributed by atoms with E-state index in [-0.39, 0.29) is 18.2 Å². The second kappa shape index (κ2) is 12.4. The minimum absolute atomic E-state index is 0.0915. The van der Waals surface area contributed by atoms with E-state index in [2.05, 4.69) is 19.2 Å². The molecule has 3 aromatic rings. The Balaban J connectivity index is 1.96. The molecule has 4 nitrogen and oxygen atoms in total. The van der Waals surface area contributed by atoms with Gasteiger partial charge in [-0.3, -0.25) is 9.59 Å². The molecule has 0 fully saturated rings. The summed E-state index contributed by atoms with van der Waals surface area (Å²) in [5.41, 5.74) is 4.00. The van der Waals surface area contributed by atoms with Crippen LogP contribution in [0.15, 0.2) is 78.9 Å². The summed E-state index contributed by atoms with van der Waals surface area (Å²) in [5, 5.41) is 3.69. The highest BCUT2D eigenvalue weighted by atomic mass is 35.5. The molecule has 0 bridgehead atoms. The predicted octanol–water partition coefficient (Wildman–Crippen LogP) is 5.60. The fourth-order valence-corrected chi connectivity index (χ4v) is 3.95. The van der Waals surface area contributed by atoms with Gasteiger partial charge in [-0.05, 0) is 47.2 Å². The Kier molecular flexibility index (Phi) is 9.29. The molecule has 0 aromatic heterocycles. The van der Waals surface area contributed by atoms with Crippen molar-refractivity contribution in [3.8, 4) is 0 Å². The second-order valence-corrected chi connectivity index (χ2v) is 9.53. The van der Waals surface area contributed by atoms with Crippen molar-refractivity contribution in [1.29, 1.82) is 0 Å². The van der Waals surface area contributed by atoms with Gasteiger partial charge in [0.05, 0.1) is 6.42 Å². The highest BCUT2D eigenvalue weighted by Crippen LogP contribution is 2.19. The van der Waals surface area contributed by atoms with Gasteiger partial charge < -0.3 is 10.2 Å². The lowest BCUT2D eigenvalue weighted by molar-refractivity contribution is -0.140. The number of hydrogen-bond donors (Lipinski definition) is 1. The van der Waals surface area contributed by atoms with Crippen LogP contribution in [0, 0.1) is 12.8 Å². The smallest absolute Gasteiger partial charge is 0.243 e. The molecule has 0 radical (unpaired) electrons. The number of hydrogen-bond acceptors (Lipinski definition) is 2. The second-order valence-electron chi connectivity index (χ2n) is 9.10. The molecule has 0 spiro atoms. The van der Waals surface area contributed by atoms with Gasteiger partial charge in [-0.2, -0.15) is 0 Å². The Labute approximate surface area is 207 Å². The molecule has 0 aliphatic carbocycles. The molecule has 0 saturated carbocycles. The van der Waals surface area contributed by atoms with E-state index in [1.165, 1.54) is 0 Å². The van der Waals surface area contributed by atoms with Gasteiger partial charge in [0.1, 0.15) is 6.04 Å². The number of rotatable bonds is 10. The van der Waals surface area contributed by atoms with Gasteiger partial charge in [0, 0.05) is 24.5 Å². The van der Waals surface area contributed by atoms with Crippen LogP contribution in [0.2, 0.25) is 5.02 Å². The first-order valence-electron chi connectivity index (χ1n) is 11.7. The Bertz CT molecular complexity index is 1080. The van der Waals surface area contributed by atoms with Gasteiger partial charge in [0.2, 0.25) is 11.8 Å². The zero-order valence-corrected chi connectivity index (χ0v) is 20.9. The number of benzene rings is 3. The molecular weight excluding hydrogens is 444 g/mol. The molecule has 0 unspecified atom stereocenters. The number of carbonyl (C=O) groups excluding carboxylic acids is 2. The number of nitrogens with one attached hydrogen (secondary N) is 1. The molecule has 5 heteroatoms. The van der Waals surface area contributed by atoms with Crippen LogP contribution in [0.25, 0.3) is 0 Å². The van der Waals surface area contributed by atoms with E-state index >= 15 is 0 Å². The van der Waals surface area contributed by atoms with Crippen LogP contribution < -0.4 is 5.32 Å². The summed E-state index contributed by atoms with van der Waals surface area (Å²) in [6.07, 6.45) is 0.648. The van der Waals surface area contributed by atoms with Crippen LogP contribution in [0.3, 0.4) is 0 Å². The first-order chi connectivity index (χ1) is 16.3. The maximum Gasteiger partial charge on any atom is 0.243 e. The molecule has 3 rings (SSSR count). The molecule has 1 N–H and O–H groups in total. The van der Waals surface area contributed by atoms with Crippen molar-refractivity contribution in [2.75, 3.05) is 6.54 Å². The van der Waals surface area contributed by atoms with Gasteiger partial charge in [0.25, 0.3) is 0 Å². The maximum absolute atomic E-state index is 13.7. The lowest BCUT2D eigenvalue weighted by Crippen LogP contribution is -2.51. The summed E-state index contributed by atoms with van der Waals surface area (Å²) >= 11 is 6.03. The van der Waals surface area contributed by atoms with Gasteiger partial charge >= 0.3 is 0 Å². The quantitative estimate of drug-likeness (QED) is 0.414. The lowest BCUT2D eigenvalue weighted by Gasteiger charge is -2.32. The van der Waals surface area contributed by atoms with E-state index in [0.29, 0.717) is 30.5 Å². The Morgan fingerprint density at radius 2 is 1.53 bits per heavy atom. The summed E-state index contributed by atoms with van der Waals surface area (Å²) in [4.78, 5) is 28.9. The van der Waals surface area contributed by atoms with E-state index < -0.39 is 6.04 Å². The predicted molar refractivity (Wildman–Crippen MR) is 139 cm³/mol. The standard InChI is InChI=1S/C29H33ClN2O2/c1-21(2)19-31-29(34)27(17-23-10-5-4-6-11-23)32(20-25-12-8-7-9-22(25)3)28(33)18-24-13-15-26(30)16-14-24/h4-16,21,27H,17-20H2,1-3H3,(H,31,34)/t27-/m1/s1. The third-order valence-corrected chi connectivity index (χ3v) is 6.08. The molecule has 1 atom stereocenters. The fraction of sp³-hybridized carbons (Fsp3) is 0.310. The van der Waals surface area contributed by atoms with E-state index in [9.17, 15) is 9.59 Å². The molecule has 0 aliphatic heterocycles. The van der Waals surface area contributed by atoms with Crippen molar-refractivity contribution in [1.82, 2.24) is 10.2 Å². The Hall–Kier alpha value is -3.11. The summed E-state index contributed by atoms with van der Waals surface area (Å²) in [6.45, 7) is 7.08. The van der Waals surface area contributed by atoms with Crippen molar-refractivity contribution in [2.45, 2.75) is 46.2 Å². The molecule has 0 saturated heterocycles. The highest BCUT2D eigenvalue weighted by molar-refractivity contribution is 6.30. The average Bonchev–Trinajstić information content (AvgIpc) is 2.83. The third kappa shape index (κ3) is 7.46. The summed E-state index contributed by atoms with van der Waals surface area (Å²) in [7, 11) is 0. The van der Waals surface area contributed by atoms with Crippen LogP contribution in [0.1, 0.15) is 36.1 Å². The van der Waals surface area contributed by atoms with E-state index in [1.807, 2.05) is 73.7 Å². The molecular formula is C29H33ClN2O2. The number of halogens is 1. The van der Waals surface area contributed by atoms with Crippen LogP contribution in [0.5, 0.6) is 0 Å². The van der Waals surface area contributed by atoms with Gasteiger partial charge in [0.15, 0.2) is 0 Å². The number of carbonyl (C=O) groups is 2. The topological polar surface area (TPSA) is 49.4 Å². The van der Waals surface area contributed by atoms with Crippen molar-refractivity contribution >= 4 is 23.4 Å². The molecule has 178 valence electrons. The first kappa shape index (κ1) is 25.5. The zero-order chi connectivity index (χ0) is 24.5. The van der Waals surface area contributed by atoms with Gasteiger partial charge in [-0.1, -0.05) is 92.2 Å². The molecule has 34 heavy (non-hydrogen) atoms. The summed E-state index contributed by atoms with van der Waals surface area (Å²) in [6, 6.07) is 24.5. The largest absolute Gasteiger partial charge is 0.354 e. The number of nitrogens with zero attached hydrogens (tertiary/aromatic N) is 1. The summed E-state index contributed by atoms with van der Waals surface area (Å²) < 4.78 is 0. The molecule has 2 amide bonds. The van der Waals surface area contributed by atoms with E-state index in [0.717, 1.165) is 22.3 Å². The van der Waals surface area contributed by atoms with Gasteiger partial charge in [-0.15, -0.1) is 0 Å². The number of amides is 2. The lowest BCUT2D eigenvalue weighted by atomic mass is 10.00. The summed E-state index contributed by atoms with van der Waals surface area (Å²) in [5.74, 6) is 0.0951. The molecule has 0 heterocycles. The van der Waals surface area contributed by atoms with Crippen molar-refractivity contribution in [3.05, 3.63) is 106 Å². The number of aryl methyl sites for hydroxylation is 1. The van der Waals surface area contributed by atoms with Crippen LogP contribution in [0.4, 0.5) is 0 Å². The monoisotopic (exact) mass is 476 g/mol. The van der Waals surface area contributed by atoms with Crippen molar-refractivity contribution in [2.24, 2.45) is 5.92 Å². The average molecular weight is 477 g/mol. The van der Waals surface area contributed by atoms with Crippen LogP contribution >= 0.6 is 11.6 Å². The van der Waals surface area contributed by atoms with Crippen LogP contribution in [-0.4, -0.2) is 29.3 Å². The molecule has 0 aliphatic rings. The van der Waals surface area contributed by atoms with E-state index in [4.69, 9.17) is 11.6 Å². The SMILES string of the molecule is Cc1ccccc1CN(C(=O)Cc1ccc(Cl)cc1)[C@H](Cc1ccccc1)C(=O)NCC(C)C. The fourth-order valence-electron chi connectivity index (χ4n) is 3.83. The third-order valence-electron chi connectivity index (χ3n) is 5.83. The highest BCUT2D eigenvalue weighted by Gasteiger charge is 2.30. The minimum Gasteiger partial charge on any atom is -0.354 e. The van der Waals surface area contributed by atoms with Gasteiger partial charge in [-0.25, -0.2) is 0 Å². The molecule has 3 aromatic carbocycles. The Morgan fingerprint density at radius 1 is 0.882 bits per heavy atom. The maximum atomic E-state index is 13.7.